The molecule has 1 aromatic heterocycles. The van der Waals surface area contributed by atoms with Gasteiger partial charge in [0.1, 0.15) is 0 Å². The van der Waals surface area contributed by atoms with Crippen LogP contribution in [0.2, 0.25) is 0 Å². The maximum absolute atomic E-state index is 12.4. The lowest BCUT2D eigenvalue weighted by Gasteiger charge is -2.14. The Morgan fingerprint density at radius 2 is 1.83 bits per heavy atom. The van der Waals surface area contributed by atoms with Gasteiger partial charge in [0.05, 0.1) is 0 Å². The van der Waals surface area contributed by atoms with Crippen LogP contribution in [0.4, 0.5) is 0 Å². The van der Waals surface area contributed by atoms with Crippen LogP contribution in [0.3, 0.4) is 0 Å². The molecule has 0 bridgehead atoms. The fraction of sp³-hybridized carbons (Fsp3) is 0.158. The standard InChI is InChI=1S/C19H18N2O2/c1-13(12-18(22)14-6-3-2-4-7-14)21-19(23)16-8-5-9-17-15(16)10-11-20-17/h2-11,13,20H,12H2,1H3,(H,21,23)/t13-/m1/s1. The summed E-state index contributed by atoms with van der Waals surface area (Å²) in [6.07, 6.45) is 2.09. The maximum atomic E-state index is 12.4. The molecule has 4 heteroatoms. The minimum atomic E-state index is -0.232. The van der Waals surface area contributed by atoms with E-state index in [1.54, 1.807) is 18.2 Å². The Hall–Kier alpha value is -2.88. The molecule has 3 rings (SSSR count). The van der Waals surface area contributed by atoms with E-state index in [1.807, 2.05) is 49.5 Å². The minimum Gasteiger partial charge on any atom is -0.361 e. The Morgan fingerprint density at radius 3 is 2.61 bits per heavy atom. The number of hydrogen-bond donors (Lipinski definition) is 2. The molecule has 0 saturated carbocycles. The first-order valence-corrected chi connectivity index (χ1v) is 7.60. The quantitative estimate of drug-likeness (QED) is 0.708. The lowest BCUT2D eigenvalue weighted by atomic mass is 10.0. The van der Waals surface area contributed by atoms with Crippen molar-refractivity contribution in [2.45, 2.75) is 19.4 Å². The molecule has 3 aromatic rings. The van der Waals surface area contributed by atoms with Gasteiger partial charge in [-0.15, -0.1) is 0 Å². The zero-order valence-corrected chi connectivity index (χ0v) is 12.9. The molecule has 4 nitrogen and oxygen atoms in total. The number of fused-ring (bicyclic) bond motifs is 1. The first-order chi connectivity index (χ1) is 11.1. The predicted octanol–water partition coefficient (Wildman–Crippen LogP) is 3.56. The van der Waals surface area contributed by atoms with E-state index >= 15 is 0 Å². The van der Waals surface area contributed by atoms with Crippen molar-refractivity contribution >= 4 is 22.6 Å². The van der Waals surface area contributed by atoms with Crippen LogP contribution in [-0.2, 0) is 0 Å². The van der Waals surface area contributed by atoms with E-state index in [-0.39, 0.29) is 24.2 Å². The molecule has 2 aromatic carbocycles. The third-order valence-corrected chi connectivity index (χ3v) is 3.80. The zero-order valence-electron chi connectivity index (χ0n) is 12.9. The van der Waals surface area contributed by atoms with Crippen molar-refractivity contribution in [1.82, 2.24) is 10.3 Å². The normalized spacial score (nSPS) is 12.0. The molecule has 0 aliphatic heterocycles. The van der Waals surface area contributed by atoms with Gasteiger partial charge < -0.3 is 10.3 Å². The molecular formula is C19H18N2O2. The van der Waals surface area contributed by atoms with E-state index in [0.717, 1.165) is 10.9 Å². The van der Waals surface area contributed by atoms with Gasteiger partial charge in [-0.1, -0.05) is 36.4 Å². The second-order valence-electron chi connectivity index (χ2n) is 5.61. The highest BCUT2D eigenvalue weighted by molar-refractivity contribution is 6.06. The van der Waals surface area contributed by atoms with E-state index < -0.39 is 0 Å². The smallest absolute Gasteiger partial charge is 0.252 e. The van der Waals surface area contributed by atoms with E-state index in [9.17, 15) is 9.59 Å². The molecule has 1 atom stereocenters. The molecule has 0 aliphatic carbocycles. The summed E-state index contributed by atoms with van der Waals surface area (Å²) in [7, 11) is 0. The van der Waals surface area contributed by atoms with Gasteiger partial charge in [-0.05, 0) is 25.1 Å². The highest BCUT2D eigenvalue weighted by Gasteiger charge is 2.16. The molecule has 0 unspecified atom stereocenters. The average Bonchev–Trinajstić information content (AvgIpc) is 3.03. The number of Topliss-reactive ketones (excluding diaryl/α,β-unsaturated/α-hetero) is 1. The first-order valence-electron chi connectivity index (χ1n) is 7.60. The summed E-state index contributed by atoms with van der Waals surface area (Å²) >= 11 is 0. The number of benzene rings is 2. The number of ketones is 1. The third-order valence-electron chi connectivity index (χ3n) is 3.80. The summed E-state index contributed by atoms with van der Waals surface area (Å²) in [5.41, 5.74) is 2.20. The van der Waals surface area contributed by atoms with Gasteiger partial charge in [0, 0.05) is 40.7 Å². The van der Waals surface area contributed by atoms with Crippen LogP contribution >= 0.6 is 0 Å². The molecule has 0 radical (unpaired) electrons. The third kappa shape index (κ3) is 3.31. The number of H-pyrrole nitrogens is 1. The van der Waals surface area contributed by atoms with Crippen LogP contribution in [-0.4, -0.2) is 22.7 Å². The predicted molar refractivity (Wildman–Crippen MR) is 90.6 cm³/mol. The summed E-state index contributed by atoms with van der Waals surface area (Å²) in [6.45, 7) is 1.84. The molecule has 0 saturated heterocycles. The van der Waals surface area contributed by atoms with Gasteiger partial charge in [0.2, 0.25) is 0 Å². The monoisotopic (exact) mass is 306 g/mol. The Labute approximate surface area is 134 Å². The van der Waals surface area contributed by atoms with Crippen LogP contribution in [0.15, 0.2) is 60.8 Å². The number of aromatic amines is 1. The Kier molecular flexibility index (Phi) is 4.24. The second kappa shape index (κ2) is 6.48. The van der Waals surface area contributed by atoms with E-state index in [2.05, 4.69) is 10.3 Å². The molecule has 1 heterocycles. The maximum Gasteiger partial charge on any atom is 0.252 e. The highest BCUT2D eigenvalue weighted by Crippen LogP contribution is 2.17. The fourth-order valence-electron chi connectivity index (χ4n) is 2.66. The van der Waals surface area contributed by atoms with E-state index in [4.69, 9.17) is 0 Å². The number of carbonyl (C=O) groups is 2. The first kappa shape index (κ1) is 15.0. The van der Waals surface area contributed by atoms with Gasteiger partial charge in [-0.2, -0.15) is 0 Å². The molecule has 23 heavy (non-hydrogen) atoms. The number of amides is 1. The topological polar surface area (TPSA) is 62.0 Å². The Balaban J connectivity index is 1.68. The highest BCUT2D eigenvalue weighted by atomic mass is 16.2. The van der Waals surface area contributed by atoms with Crippen molar-refractivity contribution in [1.29, 1.82) is 0 Å². The summed E-state index contributed by atoms with van der Waals surface area (Å²) < 4.78 is 0. The van der Waals surface area contributed by atoms with Gasteiger partial charge in [0.25, 0.3) is 5.91 Å². The van der Waals surface area contributed by atoms with Crippen LogP contribution in [0.5, 0.6) is 0 Å². The SMILES string of the molecule is C[C@H](CC(=O)c1ccccc1)NC(=O)c1cccc2[nH]ccc12. The van der Waals surface area contributed by atoms with Gasteiger partial charge in [0.15, 0.2) is 5.78 Å². The number of hydrogen-bond acceptors (Lipinski definition) is 2. The van der Waals surface area contributed by atoms with Gasteiger partial charge >= 0.3 is 0 Å². The number of rotatable bonds is 5. The molecule has 0 fully saturated rings. The zero-order chi connectivity index (χ0) is 16.2. The molecular weight excluding hydrogens is 288 g/mol. The van der Waals surface area contributed by atoms with Crippen molar-refractivity contribution in [3.05, 3.63) is 71.9 Å². The molecule has 116 valence electrons. The van der Waals surface area contributed by atoms with Crippen molar-refractivity contribution < 1.29 is 9.59 Å². The minimum absolute atomic E-state index is 0.0262. The van der Waals surface area contributed by atoms with Crippen molar-refractivity contribution in [3.8, 4) is 0 Å². The second-order valence-corrected chi connectivity index (χ2v) is 5.61. The summed E-state index contributed by atoms with van der Waals surface area (Å²) in [4.78, 5) is 27.7. The molecule has 0 spiro atoms. The largest absolute Gasteiger partial charge is 0.361 e. The van der Waals surface area contributed by atoms with E-state index in [0.29, 0.717) is 11.1 Å². The van der Waals surface area contributed by atoms with Crippen molar-refractivity contribution in [2.24, 2.45) is 0 Å². The molecule has 1 amide bonds. The summed E-state index contributed by atoms with van der Waals surface area (Å²) in [6, 6.07) is 16.3. The van der Waals surface area contributed by atoms with Crippen LogP contribution in [0.1, 0.15) is 34.1 Å². The Morgan fingerprint density at radius 1 is 1.04 bits per heavy atom. The number of aromatic nitrogens is 1. The van der Waals surface area contributed by atoms with Gasteiger partial charge in [-0.3, -0.25) is 9.59 Å². The van der Waals surface area contributed by atoms with Crippen molar-refractivity contribution in [2.75, 3.05) is 0 Å². The fourth-order valence-corrected chi connectivity index (χ4v) is 2.66. The molecule has 0 aliphatic rings. The molecule has 2 N–H and O–H groups in total. The summed E-state index contributed by atoms with van der Waals surface area (Å²) in [5, 5.41) is 3.79. The number of carbonyl (C=O) groups excluding carboxylic acids is 2. The summed E-state index contributed by atoms with van der Waals surface area (Å²) in [5.74, 6) is -0.137. The van der Waals surface area contributed by atoms with Crippen LogP contribution in [0.25, 0.3) is 10.9 Å². The Bertz CT molecular complexity index is 837. The lowest BCUT2D eigenvalue weighted by Crippen LogP contribution is -2.34. The van der Waals surface area contributed by atoms with Crippen molar-refractivity contribution in [3.63, 3.8) is 0 Å². The average molecular weight is 306 g/mol. The van der Waals surface area contributed by atoms with Crippen LogP contribution < -0.4 is 5.32 Å². The number of nitrogens with one attached hydrogen (secondary N) is 2. The van der Waals surface area contributed by atoms with E-state index in [1.165, 1.54) is 0 Å². The van der Waals surface area contributed by atoms with Gasteiger partial charge in [-0.25, -0.2) is 0 Å². The van der Waals surface area contributed by atoms with Crippen LogP contribution in [0, 0.1) is 0 Å². The lowest BCUT2D eigenvalue weighted by molar-refractivity contribution is 0.0919.